The maximum atomic E-state index is 13.1. The average molecular weight is 693 g/mol. The molecule has 220 valence electrons. The van der Waals surface area contributed by atoms with E-state index in [0.717, 1.165) is 33.3 Å². The van der Waals surface area contributed by atoms with Crippen molar-refractivity contribution in [2.75, 3.05) is 24.3 Å². The topological polar surface area (TPSA) is 142 Å². The van der Waals surface area contributed by atoms with Gasteiger partial charge in [0.05, 0.1) is 36.0 Å². The second kappa shape index (κ2) is 14.6. The van der Waals surface area contributed by atoms with Crippen LogP contribution in [0.25, 0.3) is 5.69 Å². The molecule has 0 atom stereocenters. The van der Waals surface area contributed by atoms with Crippen LogP contribution < -0.4 is 10.6 Å². The van der Waals surface area contributed by atoms with E-state index in [1.807, 2.05) is 29.6 Å². The quantitative estimate of drug-likeness (QED) is 0.146. The minimum atomic E-state index is -0.644. The number of amides is 2. The van der Waals surface area contributed by atoms with Crippen molar-refractivity contribution in [2.24, 2.45) is 0 Å². The number of nitrogens with one attached hydrogen (secondary N) is 2. The summed E-state index contributed by atoms with van der Waals surface area (Å²) in [4.78, 5) is 51.5. The number of hydrogen-bond donors (Lipinski definition) is 2. The molecule has 0 saturated carbocycles. The smallest absolute Gasteiger partial charge is 0.348 e. The molecule has 0 aliphatic carbocycles. The third-order valence-electron chi connectivity index (χ3n) is 5.61. The lowest BCUT2D eigenvalue weighted by molar-refractivity contribution is -0.113. The Kier molecular flexibility index (Phi) is 10.9. The number of carbonyl (C=O) groups excluding carboxylic acids is 4. The van der Waals surface area contributed by atoms with Gasteiger partial charge in [-0.25, -0.2) is 9.59 Å². The van der Waals surface area contributed by atoms with Gasteiger partial charge in [0.1, 0.15) is 9.88 Å². The molecule has 15 heteroatoms. The normalized spacial score (nSPS) is 10.8. The number of aromatic nitrogens is 3. The summed E-state index contributed by atoms with van der Waals surface area (Å²) < 4.78 is 12.9. The number of rotatable bonds is 12. The first kappa shape index (κ1) is 31.4. The van der Waals surface area contributed by atoms with E-state index in [0.29, 0.717) is 21.4 Å². The summed E-state index contributed by atoms with van der Waals surface area (Å²) >= 11 is 6.85. The zero-order valence-electron chi connectivity index (χ0n) is 22.8. The molecule has 0 radical (unpaired) electrons. The lowest BCUT2D eigenvalue weighted by Gasteiger charge is -2.11. The summed E-state index contributed by atoms with van der Waals surface area (Å²) in [6, 6.07) is 11.0. The van der Waals surface area contributed by atoms with E-state index < -0.39 is 17.8 Å². The molecule has 0 saturated heterocycles. The van der Waals surface area contributed by atoms with Crippen molar-refractivity contribution in [1.82, 2.24) is 20.1 Å². The maximum Gasteiger partial charge on any atom is 0.348 e. The number of carbonyl (C=O) groups is 4. The van der Waals surface area contributed by atoms with Crippen molar-refractivity contribution in [3.05, 3.63) is 73.0 Å². The maximum absolute atomic E-state index is 13.1. The van der Waals surface area contributed by atoms with E-state index in [1.165, 1.54) is 11.3 Å². The molecule has 0 unspecified atom stereocenters. The van der Waals surface area contributed by atoms with Gasteiger partial charge in [-0.3, -0.25) is 14.2 Å². The molecule has 2 N–H and O–H groups in total. The van der Waals surface area contributed by atoms with E-state index in [4.69, 9.17) is 9.47 Å². The Balaban J connectivity index is 1.53. The van der Waals surface area contributed by atoms with Crippen LogP contribution in [0, 0.1) is 6.92 Å². The zero-order chi connectivity index (χ0) is 30.2. The molecule has 0 fully saturated rings. The largest absolute Gasteiger partial charge is 0.462 e. The van der Waals surface area contributed by atoms with Gasteiger partial charge in [-0.2, -0.15) is 0 Å². The second-order valence-corrected chi connectivity index (χ2v) is 12.2. The van der Waals surface area contributed by atoms with Crippen LogP contribution in [0.1, 0.15) is 54.9 Å². The summed E-state index contributed by atoms with van der Waals surface area (Å²) in [5, 5.41) is 16.6. The first-order chi connectivity index (χ1) is 20.2. The van der Waals surface area contributed by atoms with Gasteiger partial charge in [0.2, 0.25) is 5.91 Å². The highest BCUT2D eigenvalue weighted by Gasteiger charge is 2.27. The van der Waals surface area contributed by atoms with Crippen LogP contribution >= 0.6 is 50.4 Å². The van der Waals surface area contributed by atoms with Gasteiger partial charge in [-0.1, -0.05) is 33.8 Å². The Morgan fingerprint density at radius 1 is 1.02 bits per heavy atom. The van der Waals surface area contributed by atoms with Crippen molar-refractivity contribution in [1.29, 1.82) is 0 Å². The SMILES string of the molecule is CCOC(=O)c1sc(NC(=O)CSc2nnc(CNC(=O)c3cccs3)n2-c2ccc(Br)cc2)c(C(=O)OCC)c1C. The van der Waals surface area contributed by atoms with Gasteiger partial charge in [0, 0.05) is 10.2 Å². The summed E-state index contributed by atoms with van der Waals surface area (Å²) in [6.07, 6.45) is 0. The van der Waals surface area contributed by atoms with Crippen molar-refractivity contribution >= 4 is 79.1 Å². The lowest BCUT2D eigenvalue weighted by atomic mass is 10.1. The minimum absolute atomic E-state index is 0.0792. The second-order valence-electron chi connectivity index (χ2n) is 8.41. The van der Waals surface area contributed by atoms with Crippen LogP contribution in [0.4, 0.5) is 5.00 Å². The van der Waals surface area contributed by atoms with Crippen LogP contribution in [0.3, 0.4) is 0 Å². The van der Waals surface area contributed by atoms with E-state index >= 15 is 0 Å². The highest BCUT2D eigenvalue weighted by Crippen LogP contribution is 2.35. The molecule has 11 nitrogen and oxygen atoms in total. The number of halogens is 1. The molecule has 4 aromatic rings. The molecule has 1 aromatic carbocycles. The molecular weight excluding hydrogens is 666 g/mol. The number of hydrogen-bond acceptors (Lipinski definition) is 11. The number of ether oxygens (including phenoxy) is 2. The summed E-state index contributed by atoms with van der Waals surface area (Å²) in [6.45, 7) is 5.38. The highest BCUT2D eigenvalue weighted by atomic mass is 79.9. The van der Waals surface area contributed by atoms with Crippen LogP contribution in [0.15, 0.2) is 51.4 Å². The van der Waals surface area contributed by atoms with E-state index in [9.17, 15) is 19.2 Å². The molecule has 0 spiro atoms. The van der Waals surface area contributed by atoms with Crippen LogP contribution in [-0.2, 0) is 20.8 Å². The Labute approximate surface area is 262 Å². The number of nitrogens with zero attached hydrogens (tertiary/aromatic N) is 3. The lowest BCUT2D eigenvalue weighted by Crippen LogP contribution is -2.24. The predicted molar refractivity (Wildman–Crippen MR) is 165 cm³/mol. The first-order valence-electron chi connectivity index (χ1n) is 12.7. The van der Waals surface area contributed by atoms with Crippen molar-refractivity contribution in [3.63, 3.8) is 0 Å². The fourth-order valence-corrected chi connectivity index (χ4v) is 6.53. The third-order valence-corrected chi connectivity index (χ3v) is 9.12. The Morgan fingerprint density at radius 2 is 1.74 bits per heavy atom. The molecule has 2 amide bonds. The van der Waals surface area contributed by atoms with Crippen LogP contribution in [0.5, 0.6) is 0 Å². The molecule has 0 bridgehead atoms. The Morgan fingerprint density at radius 3 is 2.40 bits per heavy atom. The predicted octanol–water partition coefficient (Wildman–Crippen LogP) is 5.48. The number of thioether (sulfide) groups is 1. The number of thiophene rings is 2. The minimum Gasteiger partial charge on any atom is -0.462 e. The molecular formula is C27H26BrN5O6S3. The first-order valence-corrected chi connectivity index (χ1v) is 16.1. The van der Waals surface area contributed by atoms with Gasteiger partial charge in [0.25, 0.3) is 5.91 Å². The zero-order valence-corrected chi connectivity index (χ0v) is 26.8. The summed E-state index contributed by atoms with van der Waals surface area (Å²) in [7, 11) is 0. The molecule has 3 aromatic heterocycles. The Hall–Kier alpha value is -3.53. The average Bonchev–Trinajstić information content (AvgIpc) is 3.71. The number of anilines is 1. The molecule has 42 heavy (non-hydrogen) atoms. The van der Waals surface area contributed by atoms with Gasteiger partial charge < -0.3 is 20.1 Å². The third kappa shape index (κ3) is 7.45. The van der Waals surface area contributed by atoms with Crippen LogP contribution in [0.2, 0.25) is 0 Å². The van der Waals surface area contributed by atoms with Crippen molar-refractivity contribution in [2.45, 2.75) is 32.5 Å². The van der Waals surface area contributed by atoms with E-state index in [2.05, 4.69) is 36.8 Å². The summed E-state index contributed by atoms with van der Waals surface area (Å²) in [5.74, 6) is -1.49. The number of benzene rings is 1. The molecule has 4 rings (SSSR count). The van der Waals surface area contributed by atoms with E-state index in [-0.39, 0.29) is 46.9 Å². The monoisotopic (exact) mass is 691 g/mol. The van der Waals surface area contributed by atoms with Gasteiger partial charge in [-0.05, 0) is 62.0 Å². The van der Waals surface area contributed by atoms with Gasteiger partial charge in [-0.15, -0.1) is 32.9 Å². The fourth-order valence-electron chi connectivity index (χ4n) is 3.75. The Bertz CT molecular complexity index is 1580. The molecule has 3 heterocycles. The van der Waals surface area contributed by atoms with Crippen LogP contribution in [-0.4, -0.2) is 57.5 Å². The van der Waals surface area contributed by atoms with Crippen molar-refractivity contribution < 1.29 is 28.7 Å². The number of esters is 2. The molecule has 0 aliphatic heterocycles. The van der Waals surface area contributed by atoms with Gasteiger partial charge in [0.15, 0.2) is 11.0 Å². The van der Waals surface area contributed by atoms with Gasteiger partial charge >= 0.3 is 11.9 Å². The summed E-state index contributed by atoms with van der Waals surface area (Å²) in [5.41, 5.74) is 1.23. The van der Waals surface area contributed by atoms with Crippen molar-refractivity contribution in [3.8, 4) is 5.69 Å². The fraction of sp³-hybridized carbons (Fsp3) is 0.259. The standard InChI is InChI=1S/C27H26BrN5O6S3/c1-4-38-25(36)21-15(3)22(26(37)39-5-2)42-24(21)30-20(34)14-41-27-32-31-19(13-29-23(35)18-7-6-12-40-18)33(27)17-10-8-16(28)9-11-17/h6-12H,4-5,13-14H2,1-3H3,(H,29,35)(H,30,34). The van der Waals surface area contributed by atoms with E-state index in [1.54, 1.807) is 37.5 Å². The molecule has 0 aliphatic rings. The highest BCUT2D eigenvalue weighted by molar-refractivity contribution is 9.10.